The van der Waals surface area contributed by atoms with E-state index < -0.39 is 0 Å². The van der Waals surface area contributed by atoms with Crippen molar-refractivity contribution in [3.8, 4) is 22.3 Å². The first-order chi connectivity index (χ1) is 21.8. The molecule has 6 aromatic rings. The van der Waals surface area contributed by atoms with E-state index in [4.69, 9.17) is 0 Å². The molecule has 0 aliphatic heterocycles. The second kappa shape index (κ2) is 9.19. The first kappa shape index (κ1) is 24.8. The zero-order valence-electron chi connectivity index (χ0n) is 24.9. The van der Waals surface area contributed by atoms with Gasteiger partial charge < -0.3 is 4.90 Å². The molecule has 0 radical (unpaired) electrons. The Morgan fingerprint density at radius 2 is 1.25 bits per heavy atom. The Balaban J connectivity index is 1.09. The molecular weight excluding hydrogens is 530 g/mol. The Morgan fingerprint density at radius 1 is 0.523 bits per heavy atom. The quantitative estimate of drug-likeness (QED) is 0.205. The topological polar surface area (TPSA) is 3.24 Å². The number of hydrogen-bond donors (Lipinski definition) is 0. The molecule has 1 nitrogen and oxygen atoms in total. The van der Waals surface area contributed by atoms with Crippen molar-refractivity contribution >= 4 is 27.8 Å². The van der Waals surface area contributed by atoms with Crippen molar-refractivity contribution in [3.63, 3.8) is 0 Å². The van der Waals surface area contributed by atoms with Crippen molar-refractivity contribution in [2.24, 2.45) is 23.7 Å². The van der Waals surface area contributed by atoms with Gasteiger partial charge in [0, 0.05) is 22.2 Å². The molecule has 44 heavy (non-hydrogen) atoms. The van der Waals surface area contributed by atoms with Gasteiger partial charge in [-0.15, -0.1) is 0 Å². The van der Waals surface area contributed by atoms with Gasteiger partial charge in [-0.3, -0.25) is 0 Å². The van der Waals surface area contributed by atoms with Gasteiger partial charge in [-0.05, 0) is 125 Å². The van der Waals surface area contributed by atoms with Crippen molar-refractivity contribution in [1.29, 1.82) is 0 Å². The molecule has 0 heterocycles. The first-order valence-corrected chi connectivity index (χ1v) is 16.5. The van der Waals surface area contributed by atoms with Gasteiger partial charge in [-0.25, -0.2) is 0 Å². The van der Waals surface area contributed by atoms with Gasteiger partial charge in [0.25, 0.3) is 0 Å². The average molecular weight is 566 g/mol. The summed E-state index contributed by atoms with van der Waals surface area (Å²) in [4.78, 5) is 2.40. The highest BCUT2D eigenvalue weighted by molar-refractivity contribution is 5.99. The summed E-state index contributed by atoms with van der Waals surface area (Å²) in [6, 6.07) is 52.1. The fourth-order valence-electron chi connectivity index (χ4n) is 10.4. The summed E-state index contributed by atoms with van der Waals surface area (Å²) < 4.78 is 0. The third-order valence-electron chi connectivity index (χ3n) is 11.8. The zero-order chi connectivity index (χ0) is 28.8. The Morgan fingerprint density at radius 3 is 2.14 bits per heavy atom. The lowest BCUT2D eigenvalue weighted by atomic mass is 9.59. The van der Waals surface area contributed by atoms with E-state index in [-0.39, 0.29) is 5.41 Å². The summed E-state index contributed by atoms with van der Waals surface area (Å²) in [6.45, 7) is 0. The predicted octanol–water partition coefficient (Wildman–Crippen LogP) is 11.3. The van der Waals surface area contributed by atoms with Gasteiger partial charge in [-0.2, -0.15) is 0 Å². The van der Waals surface area contributed by atoms with Crippen LogP contribution in [0.25, 0.3) is 33.0 Å². The average Bonchev–Trinajstić information content (AvgIpc) is 3.63. The molecule has 11 rings (SSSR count). The van der Waals surface area contributed by atoms with Crippen LogP contribution in [0.1, 0.15) is 36.8 Å². The van der Waals surface area contributed by atoms with Crippen LogP contribution in [0.15, 0.2) is 140 Å². The van der Waals surface area contributed by atoms with Crippen molar-refractivity contribution in [2.45, 2.75) is 31.1 Å². The lowest BCUT2D eigenvalue weighted by Gasteiger charge is -2.44. The third-order valence-corrected chi connectivity index (χ3v) is 11.8. The van der Waals surface area contributed by atoms with E-state index in [0.29, 0.717) is 0 Å². The van der Waals surface area contributed by atoms with Gasteiger partial charge in [0.1, 0.15) is 0 Å². The second-order valence-corrected chi connectivity index (χ2v) is 13.8. The molecule has 4 bridgehead atoms. The Hall–Kier alpha value is -4.62. The maximum atomic E-state index is 2.60. The van der Waals surface area contributed by atoms with Crippen molar-refractivity contribution in [3.05, 3.63) is 151 Å². The minimum Gasteiger partial charge on any atom is -0.310 e. The summed E-state index contributed by atoms with van der Waals surface area (Å²) >= 11 is 0. The number of nitrogens with zero attached hydrogens (tertiary/aromatic N) is 1. The summed E-state index contributed by atoms with van der Waals surface area (Å²) in [5.41, 5.74) is 12.6. The molecule has 212 valence electrons. The van der Waals surface area contributed by atoms with Crippen molar-refractivity contribution < 1.29 is 0 Å². The molecule has 1 spiro atoms. The lowest BCUT2D eigenvalue weighted by Crippen LogP contribution is -2.40. The Bertz CT molecular complexity index is 2050. The zero-order valence-corrected chi connectivity index (χ0v) is 24.9. The summed E-state index contributed by atoms with van der Waals surface area (Å²) in [7, 11) is 0. The molecular formula is C43H35N. The number of hydrogen-bond acceptors (Lipinski definition) is 1. The summed E-state index contributed by atoms with van der Waals surface area (Å²) in [6.07, 6.45) is 5.74. The van der Waals surface area contributed by atoms with Crippen LogP contribution >= 0.6 is 0 Å². The molecule has 5 aliphatic rings. The molecule has 0 N–H and O–H groups in total. The van der Waals surface area contributed by atoms with Crippen LogP contribution in [0.5, 0.6) is 0 Å². The van der Waals surface area contributed by atoms with E-state index in [1.165, 1.54) is 75.8 Å². The summed E-state index contributed by atoms with van der Waals surface area (Å²) in [5, 5.41) is 2.51. The highest BCUT2D eigenvalue weighted by atomic mass is 15.1. The van der Waals surface area contributed by atoms with Gasteiger partial charge >= 0.3 is 0 Å². The van der Waals surface area contributed by atoms with Crippen LogP contribution in [0.3, 0.4) is 0 Å². The Kier molecular flexibility index (Phi) is 5.18. The van der Waals surface area contributed by atoms with E-state index >= 15 is 0 Å². The van der Waals surface area contributed by atoms with Crippen LogP contribution < -0.4 is 4.90 Å². The van der Waals surface area contributed by atoms with Crippen LogP contribution in [0.4, 0.5) is 17.1 Å². The molecule has 6 aromatic carbocycles. The van der Waals surface area contributed by atoms with Crippen molar-refractivity contribution in [1.82, 2.24) is 0 Å². The minimum absolute atomic E-state index is 0.220. The largest absolute Gasteiger partial charge is 0.310 e. The van der Waals surface area contributed by atoms with Crippen molar-refractivity contribution in [2.75, 3.05) is 4.90 Å². The molecule has 5 unspecified atom stereocenters. The molecule has 4 fully saturated rings. The van der Waals surface area contributed by atoms with Crippen LogP contribution in [-0.4, -0.2) is 0 Å². The molecule has 0 amide bonds. The predicted molar refractivity (Wildman–Crippen MR) is 183 cm³/mol. The third kappa shape index (κ3) is 3.30. The van der Waals surface area contributed by atoms with Crippen LogP contribution in [0.2, 0.25) is 0 Å². The smallest absolute Gasteiger partial charge is 0.0540 e. The van der Waals surface area contributed by atoms with E-state index in [1.807, 2.05) is 0 Å². The standard InChI is InChI=1S/C43H35N/c1-2-11-34(12-3-1)44(42-16-8-10-30-9-4-5-13-36(30)42)35-20-17-29(18-21-35)31-19-22-38-37-14-6-7-15-39(37)43(41(38)27-31)33-24-28-23-32(26-33)40(43)25-28/h1-22,27-28,32-33,40H,23-26H2. The minimum atomic E-state index is 0.220. The van der Waals surface area contributed by atoms with Gasteiger partial charge in [0.15, 0.2) is 0 Å². The molecule has 4 saturated carbocycles. The summed E-state index contributed by atoms with van der Waals surface area (Å²) in [5.74, 6) is 3.49. The lowest BCUT2D eigenvalue weighted by molar-refractivity contribution is 0.191. The van der Waals surface area contributed by atoms with Gasteiger partial charge in [0.05, 0.1) is 5.69 Å². The molecule has 1 heteroatoms. The van der Waals surface area contributed by atoms with E-state index in [0.717, 1.165) is 23.7 Å². The number of benzene rings is 6. The number of para-hydroxylation sites is 1. The number of anilines is 3. The first-order valence-electron chi connectivity index (χ1n) is 16.5. The fourth-order valence-corrected chi connectivity index (χ4v) is 10.4. The highest BCUT2D eigenvalue weighted by Gasteiger charge is 2.65. The van der Waals surface area contributed by atoms with E-state index in [1.54, 1.807) is 11.1 Å². The number of rotatable bonds is 4. The van der Waals surface area contributed by atoms with E-state index in [2.05, 4.69) is 144 Å². The number of fused-ring (bicyclic) bond motifs is 4. The fraction of sp³-hybridized carbons (Fsp3) is 0.209. The molecule has 0 saturated heterocycles. The second-order valence-electron chi connectivity index (χ2n) is 13.8. The van der Waals surface area contributed by atoms with Gasteiger partial charge in [-0.1, -0.05) is 103 Å². The van der Waals surface area contributed by atoms with Gasteiger partial charge in [0.2, 0.25) is 0 Å². The molecule has 5 aliphatic carbocycles. The monoisotopic (exact) mass is 565 g/mol. The maximum Gasteiger partial charge on any atom is 0.0540 e. The highest BCUT2D eigenvalue weighted by Crippen LogP contribution is 2.73. The Labute approximate surface area is 259 Å². The van der Waals surface area contributed by atoms with Crippen LogP contribution in [0, 0.1) is 23.7 Å². The molecule has 0 aromatic heterocycles. The van der Waals surface area contributed by atoms with E-state index in [9.17, 15) is 0 Å². The normalized spacial score (nSPS) is 25.5. The maximum absolute atomic E-state index is 2.60. The SMILES string of the molecule is c1ccc(N(c2ccc(-c3ccc4c(c3)C3(c5ccccc5-4)C4CC5CC(C4)C3C5)cc2)c2cccc3ccccc23)cc1. The molecule has 5 atom stereocenters. The van der Waals surface area contributed by atoms with Crippen LogP contribution in [-0.2, 0) is 5.41 Å².